The minimum atomic E-state index is 0.474. The van der Waals surface area contributed by atoms with Crippen LogP contribution in [0.15, 0.2) is 67.0 Å². The maximum absolute atomic E-state index is 5.76. The van der Waals surface area contributed by atoms with Gasteiger partial charge in [-0.2, -0.15) is 9.97 Å². The van der Waals surface area contributed by atoms with E-state index in [0.717, 1.165) is 70.9 Å². The van der Waals surface area contributed by atoms with Crippen LogP contribution < -0.4 is 20.3 Å². The van der Waals surface area contributed by atoms with Crippen LogP contribution in [0.4, 0.5) is 28.8 Å². The number of ether oxygens (including phenoxy) is 1. The van der Waals surface area contributed by atoms with E-state index in [4.69, 9.17) is 14.7 Å². The molecule has 0 spiro atoms. The quantitative estimate of drug-likeness (QED) is 0.264. The first-order valence-electron chi connectivity index (χ1n) is 13.0. The van der Waals surface area contributed by atoms with Crippen molar-refractivity contribution < 1.29 is 4.74 Å². The van der Waals surface area contributed by atoms with E-state index in [0.29, 0.717) is 17.8 Å². The lowest BCUT2D eigenvalue weighted by molar-refractivity contribution is 0.209. The molecule has 0 aliphatic carbocycles. The fourth-order valence-electron chi connectivity index (χ4n) is 4.98. The number of nitrogens with one attached hydrogen (secondary N) is 3. The maximum atomic E-state index is 5.76. The van der Waals surface area contributed by atoms with Crippen LogP contribution in [-0.2, 0) is 0 Å². The molecule has 2 aromatic carbocycles. The molecule has 0 saturated carbocycles. The van der Waals surface area contributed by atoms with Gasteiger partial charge < -0.3 is 25.3 Å². The average Bonchev–Trinajstić information content (AvgIpc) is 3.42. The monoisotopic (exact) mass is 508 g/mol. The molecule has 1 aliphatic heterocycles. The summed E-state index contributed by atoms with van der Waals surface area (Å²) in [6.07, 6.45) is 3.67. The Balaban J connectivity index is 1.25. The van der Waals surface area contributed by atoms with Crippen LogP contribution in [0.3, 0.4) is 0 Å². The Morgan fingerprint density at radius 1 is 0.947 bits per heavy atom. The molecule has 1 aliphatic rings. The van der Waals surface area contributed by atoms with Gasteiger partial charge in [0, 0.05) is 67.4 Å². The molecular formula is C29H32N8O. The molecule has 1 fully saturated rings. The van der Waals surface area contributed by atoms with Crippen molar-refractivity contribution in [2.75, 3.05) is 48.8 Å². The van der Waals surface area contributed by atoms with Crippen LogP contribution in [0.5, 0.6) is 5.75 Å². The van der Waals surface area contributed by atoms with Crippen LogP contribution in [0.1, 0.15) is 13.8 Å². The summed E-state index contributed by atoms with van der Waals surface area (Å²) in [6.45, 7) is 8.64. The molecule has 9 heteroatoms. The largest absolute Gasteiger partial charge is 0.494 e. The minimum Gasteiger partial charge on any atom is -0.494 e. The summed E-state index contributed by atoms with van der Waals surface area (Å²) in [5.74, 6) is 1.93. The number of H-pyrrole nitrogens is 1. The number of hydrogen-bond donors (Lipinski definition) is 3. The van der Waals surface area contributed by atoms with Crippen molar-refractivity contribution >= 4 is 50.8 Å². The van der Waals surface area contributed by atoms with E-state index in [-0.39, 0.29) is 0 Å². The Kier molecular flexibility index (Phi) is 6.43. The van der Waals surface area contributed by atoms with E-state index in [1.54, 1.807) is 13.3 Å². The molecule has 38 heavy (non-hydrogen) atoms. The molecular weight excluding hydrogens is 476 g/mol. The number of fused-ring (bicyclic) bond motifs is 2. The smallest absolute Gasteiger partial charge is 0.231 e. The molecule has 0 amide bonds. The predicted molar refractivity (Wildman–Crippen MR) is 154 cm³/mol. The van der Waals surface area contributed by atoms with Gasteiger partial charge in [-0.1, -0.05) is 6.07 Å². The minimum absolute atomic E-state index is 0.474. The Morgan fingerprint density at radius 3 is 2.63 bits per heavy atom. The van der Waals surface area contributed by atoms with Gasteiger partial charge >= 0.3 is 0 Å². The lowest BCUT2D eigenvalue weighted by atomic mass is 10.2. The molecule has 0 bridgehead atoms. The lowest BCUT2D eigenvalue weighted by Crippen LogP contribution is -2.48. The van der Waals surface area contributed by atoms with Gasteiger partial charge in [0.1, 0.15) is 17.2 Å². The van der Waals surface area contributed by atoms with Crippen LogP contribution in [0.2, 0.25) is 0 Å². The zero-order valence-corrected chi connectivity index (χ0v) is 21.9. The first-order valence-corrected chi connectivity index (χ1v) is 13.0. The number of nitrogens with zero attached hydrogens (tertiary/aromatic N) is 5. The number of hydrogen-bond acceptors (Lipinski definition) is 8. The molecule has 1 saturated heterocycles. The molecule has 3 aromatic heterocycles. The van der Waals surface area contributed by atoms with Crippen molar-refractivity contribution in [3.8, 4) is 5.75 Å². The normalized spacial score (nSPS) is 14.4. The highest BCUT2D eigenvalue weighted by atomic mass is 16.5. The molecule has 0 atom stereocenters. The molecule has 6 rings (SSSR count). The van der Waals surface area contributed by atoms with Crippen molar-refractivity contribution in [1.82, 2.24) is 24.8 Å². The first-order chi connectivity index (χ1) is 18.6. The third kappa shape index (κ3) is 4.80. The van der Waals surface area contributed by atoms with Gasteiger partial charge in [0.15, 0.2) is 0 Å². The van der Waals surface area contributed by atoms with E-state index >= 15 is 0 Å². The second-order valence-electron chi connectivity index (χ2n) is 9.80. The topological polar surface area (TPSA) is 94.2 Å². The summed E-state index contributed by atoms with van der Waals surface area (Å²) in [5, 5.41) is 8.80. The van der Waals surface area contributed by atoms with Gasteiger partial charge in [-0.25, -0.2) is 0 Å². The summed E-state index contributed by atoms with van der Waals surface area (Å²) in [4.78, 5) is 22.1. The number of aromatic amines is 1. The van der Waals surface area contributed by atoms with E-state index in [1.807, 2.05) is 42.6 Å². The summed E-state index contributed by atoms with van der Waals surface area (Å²) in [6, 6.07) is 18.9. The second-order valence-corrected chi connectivity index (χ2v) is 9.80. The number of piperazine rings is 1. The number of benzene rings is 2. The second kappa shape index (κ2) is 10.2. The number of aromatic nitrogens is 4. The highest BCUT2D eigenvalue weighted by molar-refractivity contribution is 5.92. The first kappa shape index (κ1) is 24.0. The summed E-state index contributed by atoms with van der Waals surface area (Å²) < 4.78 is 5.76. The van der Waals surface area contributed by atoms with E-state index in [9.17, 15) is 0 Å². The zero-order chi connectivity index (χ0) is 26.1. The summed E-state index contributed by atoms with van der Waals surface area (Å²) in [7, 11) is 1.69. The van der Waals surface area contributed by atoms with E-state index in [1.165, 1.54) is 0 Å². The van der Waals surface area contributed by atoms with Crippen LogP contribution in [0.25, 0.3) is 21.9 Å². The highest BCUT2D eigenvalue weighted by Gasteiger charge is 2.20. The molecule has 9 nitrogen and oxygen atoms in total. The standard InChI is InChI=1S/C29H32N8O/c1-19(2)36-13-15-37(16-14-36)22-7-9-25(26(18-22)38-3)33-29-34-27-23(10-12-31-27)28(35-29)32-21-6-8-24-20(17-21)5-4-11-30-24/h4-12,17-19H,13-16H2,1-3H3,(H3,31,32,33,34,35). The molecule has 194 valence electrons. The zero-order valence-electron chi connectivity index (χ0n) is 21.9. The fraction of sp³-hybridized carbons (Fsp3) is 0.276. The maximum Gasteiger partial charge on any atom is 0.231 e. The number of methoxy groups -OCH3 is 1. The van der Waals surface area contributed by atoms with Gasteiger partial charge in [0.05, 0.1) is 23.7 Å². The highest BCUT2D eigenvalue weighted by Crippen LogP contribution is 2.33. The van der Waals surface area contributed by atoms with Gasteiger partial charge in [-0.05, 0) is 56.3 Å². The Hall–Kier alpha value is -4.37. The van der Waals surface area contributed by atoms with Crippen molar-refractivity contribution in [3.05, 3.63) is 67.0 Å². The van der Waals surface area contributed by atoms with Gasteiger partial charge in [0.25, 0.3) is 0 Å². The van der Waals surface area contributed by atoms with Gasteiger partial charge in [-0.15, -0.1) is 0 Å². The average molecular weight is 509 g/mol. The van der Waals surface area contributed by atoms with E-state index in [2.05, 4.69) is 62.4 Å². The predicted octanol–water partition coefficient (Wildman–Crippen LogP) is 5.53. The van der Waals surface area contributed by atoms with E-state index < -0.39 is 0 Å². The van der Waals surface area contributed by atoms with Gasteiger partial charge in [-0.3, -0.25) is 9.88 Å². The Labute approximate surface area is 221 Å². The van der Waals surface area contributed by atoms with Crippen LogP contribution >= 0.6 is 0 Å². The van der Waals surface area contributed by atoms with Crippen molar-refractivity contribution in [2.45, 2.75) is 19.9 Å². The summed E-state index contributed by atoms with van der Waals surface area (Å²) >= 11 is 0. The third-order valence-electron chi connectivity index (χ3n) is 7.12. The molecule has 0 unspecified atom stereocenters. The van der Waals surface area contributed by atoms with Gasteiger partial charge in [0.2, 0.25) is 5.95 Å². The molecule has 3 N–H and O–H groups in total. The Morgan fingerprint density at radius 2 is 1.82 bits per heavy atom. The number of rotatable bonds is 7. The SMILES string of the molecule is COc1cc(N2CCN(C(C)C)CC2)ccc1Nc1nc(Nc2ccc3ncccc3c2)c2cc[nH]c2n1. The summed E-state index contributed by atoms with van der Waals surface area (Å²) in [5.41, 5.74) is 4.59. The number of pyridine rings is 1. The molecule has 5 aromatic rings. The lowest BCUT2D eigenvalue weighted by Gasteiger charge is -2.38. The molecule has 4 heterocycles. The third-order valence-corrected chi connectivity index (χ3v) is 7.12. The van der Waals surface area contributed by atoms with Crippen LogP contribution in [0, 0.1) is 0 Å². The van der Waals surface area contributed by atoms with Crippen molar-refractivity contribution in [1.29, 1.82) is 0 Å². The molecule has 0 radical (unpaired) electrons. The van der Waals surface area contributed by atoms with Crippen molar-refractivity contribution in [3.63, 3.8) is 0 Å². The van der Waals surface area contributed by atoms with Crippen LogP contribution in [-0.4, -0.2) is 64.2 Å². The fourth-order valence-corrected chi connectivity index (χ4v) is 4.98. The van der Waals surface area contributed by atoms with Crippen molar-refractivity contribution in [2.24, 2.45) is 0 Å². The Bertz CT molecular complexity index is 1570. The number of anilines is 5.